The van der Waals surface area contributed by atoms with Crippen LogP contribution < -0.4 is 5.73 Å². The van der Waals surface area contributed by atoms with Crippen molar-refractivity contribution in [3.63, 3.8) is 0 Å². The van der Waals surface area contributed by atoms with Gasteiger partial charge in [-0.1, -0.05) is 23.7 Å². The van der Waals surface area contributed by atoms with Crippen LogP contribution in [0, 0.1) is 5.92 Å². The van der Waals surface area contributed by atoms with Crippen molar-refractivity contribution in [2.75, 3.05) is 19.6 Å². The maximum atomic E-state index is 11.0. The monoisotopic (exact) mass is 268 g/mol. The smallest absolute Gasteiger partial charge is 0.307 e. The average Bonchev–Trinajstić information content (AvgIpc) is 2.80. The van der Waals surface area contributed by atoms with Crippen molar-refractivity contribution in [3.8, 4) is 0 Å². The van der Waals surface area contributed by atoms with Crippen LogP contribution in [0.2, 0.25) is 5.02 Å². The lowest BCUT2D eigenvalue weighted by Crippen LogP contribution is -2.32. The quantitative estimate of drug-likeness (QED) is 0.873. The van der Waals surface area contributed by atoms with Crippen LogP contribution in [0.15, 0.2) is 24.3 Å². The Hall–Kier alpha value is -1.10. The predicted octanol–water partition coefficient (Wildman–Crippen LogP) is 1.75. The van der Waals surface area contributed by atoms with Crippen LogP contribution in [0.4, 0.5) is 0 Å². The van der Waals surface area contributed by atoms with E-state index in [-0.39, 0.29) is 12.0 Å². The van der Waals surface area contributed by atoms with Gasteiger partial charge in [-0.25, -0.2) is 0 Å². The number of benzene rings is 1. The zero-order chi connectivity index (χ0) is 13.1. The minimum atomic E-state index is -0.723. The number of halogens is 1. The molecule has 0 unspecified atom stereocenters. The van der Waals surface area contributed by atoms with Gasteiger partial charge in [0.25, 0.3) is 0 Å². The summed E-state index contributed by atoms with van der Waals surface area (Å²) in [6.07, 6.45) is 0.687. The van der Waals surface area contributed by atoms with Crippen molar-refractivity contribution in [1.82, 2.24) is 4.90 Å². The first-order chi connectivity index (χ1) is 8.61. The maximum Gasteiger partial charge on any atom is 0.307 e. The van der Waals surface area contributed by atoms with Gasteiger partial charge in [0.05, 0.1) is 5.92 Å². The fraction of sp³-hybridized carbons (Fsp3) is 0.462. The molecule has 1 saturated heterocycles. The van der Waals surface area contributed by atoms with Gasteiger partial charge < -0.3 is 10.8 Å². The molecule has 2 rings (SSSR count). The number of hydrogen-bond donors (Lipinski definition) is 2. The lowest BCUT2D eigenvalue weighted by Gasteiger charge is -2.27. The van der Waals surface area contributed by atoms with E-state index in [0.717, 1.165) is 12.1 Å². The summed E-state index contributed by atoms with van der Waals surface area (Å²) in [5.41, 5.74) is 6.88. The third-order valence-corrected chi connectivity index (χ3v) is 3.70. The topological polar surface area (TPSA) is 66.6 Å². The highest BCUT2D eigenvalue weighted by atomic mass is 35.5. The number of likely N-dealkylation sites (tertiary alicyclic amines) is 1. The Morgan fingerprint density at radius 3 is 2.94 bits per heavy atom. The molecule has 0 saturated carbocycles. The predicted molar refractivity (Wildman–Crippen MR) is 70.6 cm³/mol. The highest BCUT2D eigenvalue weighted by Crippen LogP contribution is 2.28. The molecule has 1 heterocycles. The second-order valence-corrected chi connectivity index (χ2v) is 5.06. The van der Waals surface area contributed by atoms with Crippen LogP contribution in [0.5, 0.6) is 0 Å². The molecule has 0 amide bonds. The number of nitrogens with zero attached hydrogens (tertiary/aromatic N) is 1. The molecule has 4 nitrogen and oxygen atoms in total. The van der Waals surface area contributed by atoms with Gasteiger partial charge in [-0.2, -0.15) is 0 Å². The lowest BCUT2D eigenvalue weighted by molar-refractivity contribution is -0.141. The highest BCUT2D eigenvalue weighted by molar-refractivity contribution is 6.30. The summed E-state index contributed by atoms with van der Waals surface area (Å²) >= 11 is 5.98. The summed E-state index contributed by atoms with van der Waals surface area (Å²) in [5, 5.41) is 9.70. The van der Waals surface area contributed by atoms with E-state index in [1.54, 1.807) is 0 Å². The molecule has 0 aliphatic carbocycles. The first-order valence-electron chi connectivity index (χ1n) is 6.04. The van der Waals surface area contributed by atoms with E-state index >= 15 is 0 Å². The van der Waals surface area contributed by atoms with E-state index < -0.39 is 5.97 Å². The Morgan fingerprint density at radius 1 is 1.61 bits per heavy atom. The van der Waals surface area contributed by atoms with E-state index in [9.17, 15) is 4.79 Å². The fourth-order valence-corrected chi connectivity index (χ4v) is 2.68. The Morgan fingerprint density at radius 2 is 2.39 bits per heavy atom. The van der Waals surface area contributed by atoms with Crippen molar-refractivity contribution < 1.29 is 9.90 Å². The lowest BCUT2D eigenvalue weighted by atomic mass is 10.1. The third-order valence-electron chi connectivity index (χ3n) is 3.47. The number of nitrogens with two attached hydrogens (primary N) is 1. The molecule has 0 bridgehead atoms. The molecule has 0 aromatic heterocycles. The van der Waals surface area contributed by atoms with E-state index in [2.05, 4.69) is 4.90 Å². The SMILES string of the molecule is NC[C@@H](c1cccc(Cl)c1)N1CC[C@@H](C(=O)O)C1. The Labute approximate surface area is 111 Å². The molecule has 2 atom stereocenters. The van der Waals surface area contributed by atoms with Gasteiger partial charge in [0.1, 0.15) is 0 Å². The molecule has 18 heavy (non-hydrogen) atoms. The first kappa shape index (κ1) is 13.3. The van der Waals surface area contributed by atoms with Gasteiger partial charge in [-0.3, -0.25) is 9.69 Å². The molecular weight excluding hydrogens is 252 g/mol. The third kappa shape index (κ3) is 2.83. The number of carbonyl (C=O) groups is 1. The maximum absolute atomic E-state index is 11.0. The molecule has 5 heteroatoms. The van der Waals surface area contributed by atoms with E-state index in [4.69, 9.17) is 22.4 Å². The second kappa shape index (κ2) is 5.69. The summed E-state index contributed by atoms with van der Waals surface area (Å²) in [5.74, 6) is -1.00. The number of rotatable bonds is 4. The van der Waals surface area contributed by atoms with Gasteiger partial charge >= 0.3 is 5.97 Å². The molecule has 1 aliphatic heterocycles. The van der Waals surface area contributed by atoms with Gasteiger partial charge in [-0.15, -0.1) is 0 Å². The van der Waals surface area contributed by atoms with Crippen LogP contribution in [0.25, 0.3) is 0 Å². The zero-order valence-corrected chi connectivity index (χ0v) is 10.8. The molecule has 0 radical (unpaired) electrons. The highest BCUT2D eigenvalue weighted by Gasteiger charge is 2.32. The van der Waals surface area contributed by atoms with Gasteiger partial charge in [0.15, 0.2) is 0 Å². The second-order valence-electron chi connectivity index (χ2n) is 4.63. The Balaban J connectivity index is 2.13. The number of hydrogen-bond acceptors (Lipinski definition) is 3. The minimum absolute atomic E-state index is 0.0491. The van der Waals surface area contributed by atoms with E-state index in [0.29, 0.717) is 24.5 Å². The molecule has 0 spiro atoms. The molecular formula is C13H17ClN2O2. The van der Waals surface area contributed by atoms with Crippen LogP contribution in [0.1, 0.15) is 18.0 Å². The molecule has 1 aliphatic rings. The molecule has 3 N–H and O–H groups in total. The van der Waals surface area contributed by atoms with Gasteiger partial charge in [-0.05, 0) is 30.7 Å². The standard InChI is InChI=1S/C13H17ClN2O2/c14-11-3-1-2-9(6-11)12(7-15)16-5-4-10(8-16)13(17)18/h1-3,6,10,12H,4-5,7-8,15H2,(H,17,18)/t10-,12+/m1/s1. The number of carboxylic acid groups (broad SMARTS) is 1. The van der Waals surface area contributed by atoms with Gasteiger partial charge in [0, 0.05) is 24.2 Å². The normalized spacial score (nSPS) is 22.0. The molecule has 1 fully saturated rings. The largest absolute Gasteiger partial charge is 0.481 e. The Bertz CT molecular complexity index is 439. The zero-order valence-electron chi connectivity index (χ0n) is 10.1. The van der Waals surface area contributed by atoms with Crippen molar-refractivity contribution in [2.45, 2.75) is 12.5 Å². The summed E-state index contributed by atoms with van der Waals surface area (Å²) in [6, 6.07) is 7.64. The van der Waals surface area contributed by atoms with Crippen molar-refractivity contribution in [3.05, 3.63) is 34.9 Å². The number of carboxylic acids is 1. The summed E-state index contributed by atoms with van der Waals surface area (Å²) in [6.45, 7) is 1.79. The van der Waals surface area contributed by atoms with E-state index in [1.165, 1.54) is 0 Å². The minimum Gasteiger partial charge on any atom is -0.481 e. The Kier molecular flexibility index (Phi) is 4.22. The van der Waals surface area contributed by atoms with Crippen LogP contribution in [-0.4, -0.2) is 35.6 Å². The first-order valence-corrected chi connectivity index (χ1v) is 6.42. The summed E-state index contributed by atoms with van der Waals surface area (Å²) < 4.78 is 0. The summed E-state index contributed by atoms with van der Waals surface area (Å²) in [4.78, 5) is 13.1. The van der Waals surface area contributed by atoms with Crippen molar-refractivity contribution in [2.24, 2.45) is 11.7 Å². The van der Waals surface area contributed by atoms with Crippen LogP contribution in [0.3, 0.4) is 0 Å². The molecule has 1 aromatic rings. The van der Waals surface area contributed by atoms with Crippen molar-refractivity contribution in [1.29, 1.82) is 0 Å². The van der Waals surface area contributed by atoms with E-state index in [1.807, 2.05) is 24.3 Å². The average molecular weight is 269 g/mol. The summed E-state index contributed by atoms with van der Waals surface area (Å²) in [7, 11) is 0. The van der Waals surface area contributed by atoms with Crippen LogP contribution in [-0.2, 0) is 4.79 Å². The number of aliphatic carboxylic acids is 1. The molecule has 1 aromatic carbocycles. The van der Waals surface area contributed by atoms with Gasteiger partial charge in [0.2, 0.25) is 0 Å². The van der Waals surface area contributed by atoms with Crippen LogP contribution >= 0.6 is 11.6 Å². The fourth-order valence-electron chi connectivity index (χ4n) is 2.48. The molecule has 98 valence electrons. The van der Waals surface area contributed by atoms with Crippen molar-refractivity contribution >= 4 is 17.6 Å².